The Hall–Kier alpha value is -2.41. The molecule has 0 fully saturated rings. The fourth-order valence-corrected chi connectivity index (χ4v) is 2.20. The SMILES string of the molecule is COc1ccc(OC(C)C(=O)Nc2ccc(Cl)c(C(F)(F)F)c2)cc1. The number of ether oxygens (including phenoxy) is 2. The maximum atomic E-state index is 12.8. The molecular formula is C17H15ClF3NO3. The monoisotopic (exact) mass is 373 g/mol. The lowest BCUT2D eigenvalue weighted by molar-refractivity contribution is -0.137. The minimum Gasteiger partial charge on any atom is -0.497 e. The molecule has 1 atom stereocenters. The Bertz CT molecular complexity index is 748. The molecule has 25 heavy (non-hydrogen) atoms. The van der Waals surface area contributed by atoms with Crippen molar-refractivity contribution in [1.29, 1.82) is 0 Å². The maximum absolute atomic E-state index is 12.8. The predicted molar refractivity (Wildman–Crippen MR) is 88.2 cm³/mol. The van der Waals surface area contributed by atoms with E-state index in [9.17, 15) is 18.0 Å². The molecule has 0 aromatic heterocycles. The van der Waals surface area contributed by atoms with E-state index in [1.165, 1.54) is 20.1 Å². The first-order valence-corrected chi connectivity index (χ1v) is 7.57. The zero-order valence-corrected chi connectivity index (χ0v) is 14.1. The Morgan fingerprint density at radius 3 is 2.28 bits per heavy atom. The number of alkyl halides is 3. The van der Waals surface area contributed by atoms with Crippen molar-refractivity contribution in [1.82, 2.24) is 0 Å². The maximum Gasteiger partial charge on any atom is 0.417 e. The topological polar surface area (TPSA) is 47.6 Å². The van der Waals surface area contributed by atoms with Gasteiger partial charge in [0.05, 0.1) is 17.7 Å². The molecule has 8 heteroatoms. The highest BCUT2D eigenvalue weighted by atomic mass is 35.5. The summed E-state index contributed by atoms with van der Waals surface area (Å²) in [6.07, 6.45) is -5.53. The minimum absolute atomic E-state index is 0.0214. The van der Waals surface area contributed by atoms with E-state index < -0.39 is 28.8 Å². The van der Waals surface area contributed by atoms with Crippen molar-refractivity contribution in [3.63, 3.8) is 0 Å². The van der Waals surface area contributed by atoms with Gasteiger partial charge in [-0.1, -0.05) is 11.6 Å². The van der Waals surface area contributed by atoms with E-state index in [-0.39, 0.29) is 5.69 Å². The van der Waals surface area contributed by atoms with Gasteiger partial charge in [-0.05, 0) is 49.4 Å². The van der Waals surface area contributed by atoms with Crippen LogP contribution in [-0.4, -0.2) is 19.1 Å². The molecule has 1 unspecified atom stereocenters. The number of benzene rings is 2. The summed E-state index contributed by atoms with van der Waals surface area (Å²) in [6.45, 7) is 1.49. The summed E-state index contributed by atoms with van der Waals surface area (Å²) >= 11 is 5.54. The normalized spacial score (nSPS) is 12.4. The Morgan fingerprint density at radius 1 is 1.12 bits per heavy atom. The Kier molecular flexibility index (Phi) is 5.79. The molecule has 0 saturated heterocycles. The summed E-state index contributed by atoms with van der Waals surface area (Å²) in [6, 6.07) is 9.70. The zero-order chi connectivity index (χ0) is 18.6. The summed E-state index contributed by atoms with van der Waals surface area (Å²) in [5.41, 5.74) is -1.04. The molecule has 1 N–H and O–H groups in total. The third-order valence-corrected chi connectivity index (χ3v) is 3.61. The van der Waals surface area contributed by atoms with Crippen LogP contribution >= 0.6 is 11.6 Å². The van der Waals surface area contributed by atoms with Crippen molar-refractivity contribution >= 4 is 23.2 Å². The summed E-state index contributed by atoms with van der Waals surface area (Å²) in [4.78, 5) is 12.1. The van der Waals surface area contributed by atoms with Gasteiger partial charge >= 0.3 is 6.18 Å². The first-order valence-electron chi connectivity index (χ1n) is 7.19. The fourth-order valence-electron chi connectivity index (χ4n) is 1.98. The summed E-state index contributed by atoms with van der Waals surface area (Å²) in [5.74, 6) is 0.465. The first kappa shape index (κ1) is 18.9. The molecule has 0 radical (unpaired) electrons. The molecule has 0 aliphatic rings. The first-order chi connectivity index (χ1) is 11.7. The fraction of sp³-hybridized carbons (Fsp3) is 0.235. The molecule has 0 bridgehead atoms. The number of methoxy groups -OCH3 is 1. The summed E-state index contributed by atoms with van der Waals surface area (Å²) in [7, 11) is 1.52. The van der Waals surface area contributed by atoms with Gasteiger partial charge in [0.25, 0.3) is 5.91 Å². The van der Waals surface area contributed by atoms with Crippen LogP contribution in [0.4, 0.5) is 18.9 Å². The van der Waals surface area contributed by atoms with Crippen molar-refractivity contribution in [2.45, 2.75) is 19.2 Å². The molecule has 2 aromatic carbocycles. The number of hydrogen-bond acceptors (Lipinski definition) is 3. The molecule has 4 nitrogen and oxygen atoms in total. The highest BCUT2D eigenvalue weighted by molar-refractivity contribution is 6.31. The molecule has 1 amide bonds. The third-order valence-electron chi connectivity index (χ3n) is 3.28. The number of halogens is 4. The highest BCUT2D eigenvalue weighted by Gasteiger charge is 2.33. The summed E-state index contributed by atoms with van der Waals surface area (Å²) in [5, 5.41) is 1.94. The van der Waals surface area contributed by atoms with Gasteiger partial charge < -0.3 is 14.8 Å². The van der Waals surface area contributed by atoms with Crippen LogP contribution in [0.3, 0.4) is 0 Å². The van der Waals surface area contributed by atoms with Crippen molar-refractivity contribution in [2.24, 2.45) is 0 Å². The van der Waals surface area contributed by atoms with Crippen LogP contribution in [0.25, 0.3) is 0 Å². The van der Waals surface area contributed by atoms with Crippen LogP contribution in [0.1, 0.15) is 12.5 Å². The molecule has 2 rings (SSSR count). The van der Waals surface area contributed by atoms with Crippen LogP contribution in [-0.2, 0) is 11.0 Å². The molecule has 0 spiro atoms. The second-order valence-corrected chi connectivity index (χ2v) is 5.52. The van der Waals surface area contributed by atoms with E-state index in [1.807, 2.05) is 0 Å². The minimum atomic E-state index is -4.61. The van der Waals surface area contributed by atoms with E-state index in [4.69, 9.17) is 21.1 Å². The molecule has 134 valence electrons. The molecule has 0 aliphatic carbocycles. The van der Waals surface area contributed by atoms with Crippen LogP contribution in [0.2, 0.25) is 5.02 Å². The van der Waals surface area contributed by atoms with Gasteiger partial charge in [-0.3, -0.25) is 4.79 Å². The number of carbonyl (C=O) groups excluding carboxylic acids is 1. The van der Waals surface area contributed by atoms with E-state index in [2.05, 4.69) is 5.32 Å². The number of anilines is 1. The van der Waals surface area contributed by atoms with Crippen molar-refractivity contribution in [3.05, 3.63) is 53.1 Å². The van der Waals surface area contributed by atoms with E-state index >= 15 is 0 Å². The lowest BCUT2D eigenvalue weighted by Gasteiger charge is -2.16. The van der Waals surface area contributed by atoms with Gasteiger partial charge in [0, 0.05) is 5.69 Å². The largest absolute Gasteiger partial charge is 0.497 e. The third kappa shape index (κ3) is 5.03. The second kappa shape index (κ2) is 7.65. The van der Waals surface area contributed by atoms with Crippen LogP contribution in [0, 0.1) is 0 Å². The van der Waals surface area contributed by atoms with Crippen molar-refractivity contribution in [3.8, 4) is 11.5 Å². The summed E-state index contributed by atoms with van der Waals surface area (Å²) < 4.78 is 49.0. The van der Waals surface area contributed by atoms with Crippen LogP contribution < -0.4 is 14.8 Å². The number of amides is 1. The number of carbonyl (C=O) groups is 1. The van der Waals surface area contributed by atoms with Crippen molar-refractivity contribution in [2.75, 3.05) is 12.4 Å². The van der Waals surface area contributed by atoms with Crippen LogP contribution in [0.15, 0.2) is 42.5 Å². The van der Waals surface area contributed by atoms with E-state index in [0.717, 1.165) is 12.1 Å². The second-order valence-electron chi connectivity index (χ2n) is 5.12. The molecule has 0 aliphatic heterocycles. The van der Waals surface area contributed by atoms with Gasteiger partial charge in [-0.2, -0.15) is 13.2 Å². The smallest absolute Gasteiger partial charge is 0.417 e. The van der Waals surface area contributed by atoms with Crippen molar-refractivity contribution < 1.29 is 27.4 Å². The molecular weight excluding hydrogens is 359 g/mol. The average Bonchev–Trinajstić information content (AvgIpc) is 2.56. The van der Waals surface area contributed by atoms with Gasteiger partial charge in [0.15, 0.2) is 6.10 Å². The average molecular weight is 374 g/mol. The Balaban J connectivity index is 2.05. The van der Waals surface area contributed by atoms with Gasteiger partial charge in [0.2, 0.25) is 0 Å². The molecule has 2 aromatic rings. The Labute approximate surface area is 147 Å². The molecule has 0 heterocycles. The number of nitrogens with one attached hydrogen (secondary N) is 1. The van der Waals surface area contributed by atoms with E-state index in [1.54, 1.807) is 24.3 Å². The highest BCUT2D eigenvalue weighted by Crippen LogP contribution is 2.36. The lowest BCUT2D eigenvalue weighted by atomic mass is 10.2. The van der Waals surface area contributed by atoms with E-state index in [0.29, 0.717) is 11.5 Å². The zero-order valence-electron chi connectivity index (χ0n) is 13.4. The van der Waals surface area contributed by atoms with Gasteiger partial charge in [0.1, 0.15) is 11.5 Å². The number of hydrogen-bond donors (Lipinski definition) is 1. The lowest BCUT2D eigenvalue weighted by Crippen LogP contribution is -2.30. The van der Waals surface area contributed by atoms with Crippen LogP contribution in [0.5, 0.6) is 11.5 Å². The standard InChI is InChI=1S/C17H15ClF3NO3/c1-10(25-13-6-4-12(24-2)5-7-13)16(23)22-11-3-8-15(18)14(9-11)17(19,20)21/h3-10H,1-2H3,(H,22,23). The van der Waals surface area contributed by atoms with Gasteiger partial charge in [-0.25, -0.2) is 0 Å². The molecule has 0 saturated carbocycles. The Morgan fingerprint density at radius 2 is 1.72 bits per heavy atom. The van der Waals surface area contributed by atoms with Gasteiger partial charge in [-0.15, -0.1) is 0 Å². The predicted octanol–water partition coefficient (Wildman–Crippen LogP) is 4.77. The quantitative estimate of drug-likeness (QED) is 0.821. The number of rotatable bonds is 5.